The number of carbonyl (C=O) groups excluding carboxylic acids is 1. The molecule has 0 aliphatic carbocycles. The van der Waals surface area contributed by atoms with Crippen LogP contribution < -0.4 is 14.2 Å². The van der Waals surface area contributed by atoms with E-state index in [1.54, 1.807) is 37.6 Å². The molecule has 3 heterocycles. The predicted octanol–water partition coefficient (Wildman–Crippen LogP) is 3.42. The Hall–Kier alpha value is -2.45. The number of methoxy groups -OCH3 is 1. The van der Waals surface area contributed by atoms with E-state index in [9.17, 15) is 4.79 Å². The number of fused-ring (bicyclic) bond motifs is 1. The predicted molar refractivity (Wildman–Crippen MR) is 96.5 cm³/mol. The van der Waals surface area contributed by atoms with E-state index in [4.69, 9.17) is 30.8 Å². The highest BCUT2D eigenvalue weighted by Gasteiger charge is 2.33. The maximum absolute atomic E-state index is 12.7. The standard InChI is InChI=1S/C17H13NO5S2/c1-20-12-7-14-13(22-9-23-14)5-10(12)6-15-16(19)18(17(24)25-15)8-11-3-2-4-21-11/h2-7H,8-9H2,1H3. The van der Waals surface area contributed by atoms with Gasteiger partial charge >= 0.3 is 0 Å². The summed E-state index contributed by atoms with van der Waals surface area (Å²) < 4.78 is 21.9. The van der Waals surface area contributed by atoms with Gasteiger partial charge in [-0.05, 0) is 24.3 Å². The van der Waals surface area contributed by atoms with Gasteiger partial charge in [0.1, 0.15) is 15.8 Å². The van der Waals surface area contributed by atoms with E-state index in [0.29, 0.717) is 38.8 Å². The number of furan rings is 1. The summed E-state index contributed by atoms with van der Waals surface area (Å²) in [6, 6.07) is 7.13. The molecule has 0 bridgehead atoms. The summed E-state index contributed by atoms with van der Waals surface area (Å²) in [5.74, 6) is 2.36. The molecule has 1 saturated heterocycles. The van der Waals surface area contributed by atoms with Crippen molar-refractivity contribution in [3.63, 3.8) is 0 Å². The Morgan fingerprint density at radius 3 is 2.88 bits per heavy atom. The number of benzene rings is 1. The Bertz CT molecular complexity index is 875. The van der Waals surface area contributed by atoms with Crippen LogP contribution in [0.3, 0.4) is 0 Å². The summed E-state index contributed by atoms with van der Waals surface area (Å²) in [5.41, 5.74) is 0.727. The first kappa shape index (κ1) is 16.0. The van der Waals surface area contributed by atoms with Gasteiger partial charge in [-0.2, -0.15) is 0 Å². The Morgan fingerprint density at radius 1 is 1.36 bits per heavy atom. The fraction of sp³-hybridized carbons (Fsp3) is 0.176. The van der Waals surface area contributed by atoms with Crippen LogP contribution >= 0.6 is 24.0 Å². The SMILES string of the molecule is COc1cc2c(cc1C=C1SC(=S)N(Cc3ccco3)C1=O)OCO2. The quantitative estimate of drug-likeness (QED) is 0.599. The molecule has 128 valence electrons. The zero-order valence-corrected chi connectivity index (χ0v) is 14.8. The lowest BCUT2D eigenvalue weighted by Crippen LogP contribution is -2.27. The molecule has 0 radical (unpaired) electrons. The largest absolute Gasteiger partial charge is 0.496 e. The first-order valence-electron chi connectivity index (χ1n) is 7.41. The van der Waals surface area contributed by atoms with Gasteiger partial charge in [0.25, 0.3) is 5.91 Å². The zero-order chi connectivity index (χ0) is 17.4. The highest BCUT2D eigenvalue weighted by atomic mass is 32.2. The number of ether oxygens (including phenoxy) is 3. The van der Waals surface area contributed by atoms with Crippen molar-refractivity contribution >= 4 is 40.3 Å². The maximum atomic E-state index is 12.7. The summed E-state index contributed by atoms with van der Waals surface area (Å²) in [5, 5.41) is 0. The molecule has 0 atom stereocenters. The summed E-state index contributed by atoms with van der Waals surface area (Å²) in [4.78, 5) is 14.7. The number of rotatable bonds is 4. The van der Waals surface area contributed by atoms with E-state index >= 15 is 0 Å². The topological polar surface area (TPSA) is 61.1 Å². The molecule has 1 amide bonds. The van der Waals surface area contributed by atoms with Crippen molar-refractivity contribution in [2.24, 2.45) is 0 Å². The molecule has 8 heteroatoms. The van der Waals surface area contributed by atoms with Crippen molar-refractivity contribution in [2.75, 3.05) is 13.9 Å². The van der Waals surface area contributed by atoms with Crippen LogP contribution in [0.5, 0.6) is 17.2 Å². The number of amides is 1. The summed E-state index contributed by atoms with van der Waals surface area (Å²) in [6.45, 7) is 0.487. The molecule has 1 aromatic heterocycles. The Labute approximate surface area is 153 Å². The molecule has 1 fully saturated rings. The molecule has 4 rings (SSSR count). The van der Waals surface area contributed by atoms with E-state index in [-0.39, 0.29) is 12.7 Å². The first-order valence-corrected chi connectivity index (χ1v) is 8.63. The molecule has 25 heavy (non-hydrogen) atoms. The molecule has 0 N–H and O–H groups in total. The van der Waals surface area contributed by atoms with Crippen molar-refractivity contribution < 1.29 is 23.4 Å². The third-order valence-electron chi connectivity index (χ3n) is 3.78. The first-order chi connectivity index (χ1) is 12.2. The van der Waals surface area contributed by atoms with Crippen LogP contribution in [0.2, 0.25) is 0 Å². The lowest BCUT2D eigenvalue weighted by Gasteiger charge is -2.12. The molecular formula is C17H13NO5S2. The Kier molecular flexibility index (Phi) is 4.14. The zero-order valence-electron chi connectivity index (χ0n) is 13.2. The fourth-order valence-electron chi connectivity index (χ4n) is 2.56. The number of nitrogens with zero attached hydrogens (tertiary/aromatic N) is 1. The second kappa shape index (κ2) is 6.45. The number of hydrogen-bond acceptors (Lipinski definition) is 7. The second-order valence-corrected chi connectivity index (χ2v) is 6.97. The van der Waals surface area contributed by atoms with E-state index in [2.05, 4.69) is 0 Å². The van der Waals surface area contributed by atoms with Gasteiger partial charge in [-0.3, -0.25) is 9.69 Å². The summed E-state index contributed by atoms with van der Waals surface area (Å²) in [6.07, 6.45) is 3.32. The number of thioether (sulfide) groups is 1. The Morgan fingerprint density at radius 2 is 2.16 bits per heavy atom. The Balaban J connectivity index is 1.64. The van der Waals surface area contributed by atoms with Crippen LogP contribution in [0.25, 0.3) is 6.08 Å². The van der Waals surface area contributed by atoms with Gasteiger partial charge in [0.05, 0.1) is 24.8 Å². The van der Waals surface area contributed by atoms with Crippen LogP contribution in [-0.4, -0.2) is 29.0 Å². The number of hydrogen-bond donors (Lipinski definition) is 0. The normalized spacial score (nSPS) is 17.6. The minimum atomic E-state index is -0.161. The number of thiocarbonyl (C=S) groups is 1. The minimum absolute atomic E-state index is 0.161. The lowest BCUT2D eigenvalue weighted by atomic mass is 10.1. The molecule has 0 saturated carbocycles. The van der Waals surface area contributed by atoms with Gasteiger partial charge in [-0.25, -0.2) is 0 Å². The average molecular weight is 375 g/mol. The van der Waals surface area contributed by atoms with Gasteiger partial charge < -0.3 is 18.6 Å². The van der Waals surface area contributed by atoms with Gasteiger partial charge in [-0.15, -0.1) is 0 Å². The van der Waals surface area contributed by atoms with Crippen molar-refractivity contribution in [3.05, 3.63) is 46.8 Å². The average Bonchev–Trinajstić information content (AvgIpc) is 3.32. The van der Waals surface area contributed by atoms with Gasteiger partial charge in [0, 0.05) is 11.6 Å². The molecule has 0 unspecified atom stereocenters. The van der Waals surface area contributed by atoms with E-state index in [1.807, 2.05) is 6.07 Å². The minimum Gasteiger partial charge on any atom is -0.496 e. The van der Waals surface area contributed by atoms with Crippen LogP contribution in [0.1, 0.15) is 11.3 Å². The van der Waals surface area contributed by atoms with Crippen LogP contribution in [0, 0.1) is 0 Å². The maximum Gasteiger partial charge on any atom is 0.266 e. The second-order valence-electron chi connectivity index (χ2n) is 5.29. The van der Waals surface area contributed by atoms with Gasteiger partial charge in [0.15, 0.2) is 11.5 Å². The van der Waals surface area contributed by atoms with Crippen LogP contribution in [0.4, 0.5) is 0 Å². The third-order valence-corrected chi connectivity index (χ3v) is 5.16. The highest BCUT2D eigenvalue weighted by Crippen LogP contribution is 2.41. The molecular weight excluding hydrogens is 362 g/mol. The molecule has 0 spiro atoms. The fourth-order valence-corrected chi connectivity index (χ4v) is 3.81. The van der Waals surface area contributed by atoms with Gasteiger partial charge in [-0.1, -0.05) is 24.0 Å². The van der Waals surface area contributed by atoms with Crippen molar-refractivity contribution in [1.82, 2.24) is 4.90 Å². The van der Waals surface area contributed by atoms with Crippen LogP contribution in [-0.2, 0) is 11.3 Å². The summed E-state index contributed by atoms with van der Waals surface area (Å²) >= 11 is 6.58. The van der Waals surface area contributed by atoms with E-state index < -0.39 is 0 Å². The van der Waals surface area contributed by atoms with E-state index in [1.165, 1.54) is 16.7 Å². The van der Waals surface area contributed by atoms with Crippen molar-refractivity contribution in [2.45, 2.75) is 6.54 Å². The van der Waals surface area contributed by atoms with Crippen molar-refractivity contribution in [3.8, 4) is 17.2 Å². The van der Waals surface area contributed by atoms with Crippen molar-refractivity contribution in [1.29, 1.82) is 0 Å². The number of carbonyl (C=O) groups is 1. The highest BCUT2D eigenvalue weighted by molar-refractivity contribution is 8.26. The molecule has 6 nitrogen and oxygen atoms in total. The van der Waals surface area contributed by atoms with Gasteiger partial charge in [0.2, 0.25) is 6.79 Å². The van der Waals surface area contributed by atoms with E-state index in [0.717, 1.165) is 5.56 Å². The molecule has 2 aliphatic rings. The summed E-state index contributed by atoms with van der Waals surface area (Å²) in [7, 11) is 1.57. The monoisotopic (exact) mass is 375 g/mol. The smallest absolute Gasteiger partial charge is 0.266 e. The lowest BCUT2D eigenvalue weighted by molar-refractivity contribution is -0.122. The van der Waals surface area contributed by atoms with Crippen LogP contribution in [0.15, 0.2) is 39.9 Å². The molecule has 1 aromatic carbocycles. The molecule has 2 aliphatic heterocycles. The third kappa shape index (κ3) is 2.98. The molecule has 2 aromatic rings.